The zero-order valence-corrected chi connectivity index (χ0v) is 17.4. The van der Waals surface area contributed by atoms with Crippen molar-refractivity contribution in [1.82, 2.24) is 5.32 Å². The topological polar surface area (TPSA) is 75.7 Å². The van der Waals surface area contributed by atoms with Crippen molar-refractivity contribution >= 4 is 33.0 Å². The van der Waals surface area contributed by atoms with Gasteiger partial charge in [-0.05, 0) is 55.3 Å². The molecule has 1 saturated heterocycles. The van der Waals surface area contributed by atoms with Crippen LogP contribution in [0.3, 0.4) is 0 Å². The quantitative estimate of drug-likeness (QED) is 0.801. The first-order valence-corrected chi connectivity index (χ1v) is 11.2. The summed E-state index contributed by atoms with van der Waals surface area (Å²) in [7, 11) is -1.85. The van der Waals surface area contributed by atoms with Crippen LogP contribution in [0.25, 0.3) is 0 Å². The lowest BCUT2D eigenvalue weighted by Crippen LogP contribution is -2.44. The number of halogens is 1. The molecule has 0 saturated carbocycles. The summed E-state index contributed by atoms with van der Waals surface area (Å²) in [5.41, 5.74) is 1.42. The van der Waals surface area contributed by atoms with Crippen molar-refractivity contribution in [3.8, 4) is 5.75 Å². The van der Waals surface area contributed by atoms with Gasteiger partial charge in [0.2, 0.25) is 0 Å². The van der Waals surface area contributed by atoms with Gasteiger partial charge in [0, 0.05) is 36.6 Å². The number of piperidine rings is 1. The van der Waals surface area contributed by atoms with E-state index in [-0.39, 0.29) is 21.9 Å². The second-order valence-electron chi connectivity index (χ2n) is 6.85. The summed E-state index contributed by atoms with van der Waals surface area (Å²) >= 11 is 5.95. The van der Waals surface area contributed by atoms with Crippen molar-refractivity contribution in [2.24, 2.45) is 0 Å². The highest BCUT2D eigenvalue weighted by Gasteiger charge is 2.22. The summed E-state index contributed by atoms with van der Waals surface area (Å²) in [6.07, 6.45) is 2.69. The van der Waals surface area contributed by atoms with Crippen molar-refractivity contribution in [2.75, 3.05) is 31.4 Å². The number of sulfone groups is 1. The van der Waals surface area contributed by atoms with Gasteiger partial charge in [-0.2, -0.15) is 0 Å². The molecule has 0 bridgehead atoms. The van der Waals surface area contributed by atoms with Gasteiger partial charge in [-0.15, -0.1) is 0 Å². The molecule has 1 aliphatic heterocycles. The minimum Gasteiger partial charge on any atom is -0.497 e. The van der Waals surface area contributed by atoms with E-state index >= 15 is 0 Å². The zero-order valence-electron chi connectivity index (χ0n) is 15.8. The number of amides is 1. The van der Waals surface area contributed by atoms with Gasteiger partial charge in [-0.1, -0.05) is 11.6 Å². The second-order valence-corrected chi connectivity index (χ2v) is 9.24. The highest BCUT2D eigenvalue weighted by molar-refractivity contribution is 7.90. The molecular formula is C20H23ClN2O4S. The van der Waals surface area contributed by atoms with Crippen molar-refractivity contribution < 1.29 is 17.9 Å². The third-order valence-corrected chi connectivity index (χ3v) is 6.44. The largest absolute Gasteiger partial charge is 0.497 e. The van der Waals surface area contributed by atoms with E-state index in [9.17, 15) is 13.2 Å². The van der Waals surface area contributed by atoms with Gasteiger partial charge in [0.15, 0.2) is 9.84 Å². The predicted molar refractivity (Wildman–Crippen MR) is 110 cm³/mol. The lowest BCUT2D eigenvalue weighted by Gasteiger charge is -2.34. The Bertz CT molecular complexity index is 953. The third kappa shape index (κ3) is 4.77. The number of ether oxygens (including phenoxy) is 1. The maximum absolute atomic E-state index is 12.5. The number of benzene rings is 2. The Morgan fingerprint density at radius 1 is 1.14 bits per heavy atom. The predicted octanol–water partition coefficient (Wildman–Crippen LogP) is 3.15. The number of anilines is 1. The lowest BCUT2D eigenvalue weighted by atomic mass is 10.0. The molecule has 0 spiro atoms. The molecule has 2 aromatic carbocycles. The fraction of sp³-hybridized carbons (Fsp3) is 0.350. The van der Waals surface area contributed by atoms with E-state index in [1.807, 2.05) is 24.3 Å². The van der Waals surface area contributed by atoms with Crippen LogP contribution in [0.1, 0.15) is 23.2 Å². The molecule has 0 atom stereocenters. The Labute approximate surface area is 170 Å². The van der Waals surface area contributed by atoms with E-state index in [1.165, 1.54) is 12.1 Å². The molecule has 0 aliphatic carbocycles. The lowest BCUT2D eigenvalue weighted by molar-refractivity contribution is 0.0931. The molecule has 0 aromatic heterocycles. The summed E-state index contributed by atoms with van der Waals surface area (Å²) in [5, 5.41) is 3.12. The van der Waals surface area contributed by atoms with Gasteiger partial charge in [-0.25, -0.2) is 8.42 Å². The standard InChI is InChI=1S/C20H23ClN2O4S/c1-27-17-6-4-16(5-7-17)23-11-9-15(10-12-23)22-20(24)14-3-8-18(21)19(13-14)28(2,25)26/h3-8,13,15H,9-12H2,1-2H3,(H,22,24). The van der Waals surface area contributed by atoms with Gasteiger partial charge in [0.25, 0.3) is 5.91 Å². The molecule has 150 valence electrons. The van der Waals surface area contributed by atoms with E-state index in [0.29, 0.717) is 5.56 Å². The molecule has 28 heavy (non-hydrogen) atoms. The number of nitrogens with zero attached hydrogens (tertiary/aromatic N) is 1. The first kappa shape index (κ1) is 20.5. The number of nitrogens with one attached hydrogen (secondary N) is 1. The van der Waals surface area contributed by atoms with E-state index in [4.69, 9.17) is 16.3 Å². The van der Waals surface area contributed by atoms with Crippen molar-refractivity contribution in [1.29, 1.82) is 0 Å². The van der Waals surface area contributed by atoms with Gasteiger partial charge < -0.3 is 15.0 Å². The van der Waals surface area contributed by atoms with E-state index in [1.54, 1.807) is 13.2 Å². The Hall–Kier alpha value is -2.25. The normalized spacial score (nSPS) is 15.3. The number of hydrogen-bond acceptors (Lipinski definition) is 5. The van der Waals surface area contributed by atoms with Crippen LogP contribution in [0, 0.1) is 0 Å². The van der Waals surface area contributed by atoms with E-state index in [0.717, 1.165) is 43.6 Å². The monoisotopic (exact) mass is 422 g/mol. The van der Waals surface area contributed by atoms with E-state index in [2.05, 4.69) is 10.2 Å². The average Bonchev–Trinajstić information content (AvgIpc) is 2.68. The van der Waals surface area contributed by atoms with Crippen LogP contribution < -0.4 is 15.0 Å². The summed E-state index contributed by atoms with van der Waals surface area (Å²) in [5.74, 6) is 0.534. The first-order valence-electron chi connectivity index (χ1n) is 8.97. The molecule has 2 aromatic rings. The SMILES string of the molecule is COc1ccc(N2CCC(NC(=O)c3ccc(Cl)c(S(C)(=O)=O)c3)CC2)cc1. The van der Waals surface area contributed by atoms with Crippen LogP contribution in [0.15, 0.2) is 47.4 Å². The minimum absolute atomic E-state index is 0.0314. The number of hydrogen-bond donors (Lipinski definition) is 1. The Morgan fingerprint density at radius 2 is 1.79 bits per heavy atom. The molecule has 0 unspecified atom stereocenters. The number of rotatable bonds is 5. The van der Waals surface area contributed by atoms with Gasteiger partial charge in [-0.3, -0.25) is 4.79 Å². The van der Waals surface area contributed by atoms with E-state index < -0.39 is 9.84 Å². The molecule has 1 fully saturated rings. The van der Waals surface area contributed by atoms with Crippen molar-refractivity contribution in [2.45, 2.75) is 23.8 Å². The molecule has 1 heterocycles. The Morgan fingerprint density at radius 3 is 2.36 bits per heavy atom. The summed E-state index contributed by atoms with van der Waals surface area (Å²) in [6, 6.07) is 12.3. The van der Waals surface area contributed by atoms with Gasteiger partial charge >= 0.3 is 0 Å². The molecular weight excluding hydrogens is 400 g/mol. The van der Waals surface area contributed by atoms with Crippen LogP contribution in [0.4, 0.5) is 5.69 Å². The Kier molecular flexibility index (Phi) is 6.15. The van der Waals surface area contributed by atoms with Crippen molar-refractivity contribution in [3.05, 3.63) is 53.1 Å². The summed E-state index contributed by atoms with van der Waals surface area (Å²) < 4.78 is 28.8. The average molecular weight is 423 g/mol. The molecule has 1 N–H and O–H groups in total. The van der Waals surface area contributed by atoms with Gasteiger partial charge in [0.1, 0.15) is 5.75 Å². The van der Waals surface area contributed by atoms with Crippen LogP contribution in [-0.4, -0.2) is 46.8 Å². The number of carbonyl (C=O) groups excluding carboxylic acids is 1. The first-order chi connectivity index (χ1) is 13.3. The molecule has 0 radical (unpaired) electrons. The van der Waals surface area contributed by atoms with Crippen LogP contribution >= 0.6 is 11.6 Å². The molecule has 1 amide bonds. The highest BCUT2D eigenvalue weighted by atomic mass is 35.5. The second kappa shape index (κ2) is 8.41. The Balaban J connectivity index is 1.61. The van der Waals surface area contributed by atoms with Gasteiger partial charge in [0.05, 0.1) is 17.0 Å². The summed E-state index contributed by atoms with van der Waals surface area (Å²) in [6.45, 7) is 1.65. The van der Waals surface area contributed by atoms with Crippen LogP contribution in [-0.2, 0) is 9.84 Å². The molecule has 6 nitrogen and oxygen atoms in total. The highest BCUT2D eigenvalue weighted by Crippen LogP contribution is 2.24. The molecule has 3 rings (SSSR count). The maximum Gasteiger partial charge on any atom is 0.251 e. The van der Waals surface area contributed by atoms with Crippen molar-refractivity contribution in [3.63, 3.8) is 0 Å². The molecule has 1 aliphatic rings. The minimum atomic E-state index is -3.49. The van der Waals surface area contributed by atoms with Crippen LogP contribution in [0.5, 0.6) is 5.75 Å². The number of methoxy groups -OCH3 is 1. The molecule has 8 heteroatoms. The smallest absolute Gasteiger partial charge is 0.251 e. The fourth-order valence-corrected chi connectivity index (χ4v) is 4.57. The summed E-state index contributed by atoms with van der Waals surface area (Å²) in [4.78, 5) is 14.8. The maximum atomic E-state index is 12.5. The zero-order chi connectivity index (χ0) is 20.3. The fourth-order valence-electron chi connectivity index (χ4n) is 3.27. The van der Waals surface area contributed by atoms with Crippen LogP contribution in [0.2, 0.25) is 5.02 Å². The third-order valence-electron chi connectivity index (χ3n) is 4.86. The number of carbonyl (C=O) groups is 1.